The lowest BCUT2D eigenvalue weighted by Gasteiger charge is -2.18. The average molecular weight is 412 g/mol. The Balaban J connectivity index is 1.90. The molecule has 2 heterocycles. The standard InChI is InChI=1S/C17H13BrF3N3O/c1-23-8-14(9-4-2-3-5-15(9)25-16(20)21)24-13-6-10(18)11(19)7-12(13)22-17(23)24/h2-7,14,16H,8H2,1H3. The second-order valence-electron chi connectivity index (χ2n) is 5.85. The van der Waals surface area contributed by atoms with Crippen LogP contribution >= 0.6 is 15.9 Å². The number of aromatic nitrogens is 2. The number of para-hydroxylation sites is 1. The molecule has 4 nitrogen and oxygen atoms in total. The maximum Gasteiger partial charge on any atom is 0.387 e. The zero-order valence-electron chi connectivity index (χ0n) is 13.1. The summed E-state index contributed by atoms with van der Waals surface area (Å²) in [6, 6.07) is 9.46. The van der Waals surface area contributed by atoms with Crippen molar-refractivity contribution in [1.29, 1.82) is 0 Å². The van der Waals surface area contributed by atoms with Crippen LogP contribution in [0.4, 0.5) is 19.1 Å². The Morgan fingerprint density at radius 2 is 2.04 bits per heavy atom. The highest BCUT2D eigenvalue weighted by Crippen LogP contribution is 2.40. The van der Waals surface area contributed by atoms with Gasteiger partial charge in [-0.1, -0.05) is 18.2 Å². The van der Waals surface area contributed by atoms with E-state index < -0.39 is 12.4 Å². The number of alkyl halides is 2. The SMILES string of the molecule is CN1CC(c2ccccc2OC(F)F)n2c1nc1cc(F)c(Br)cc12. The number of halogens is 4. The molecule has 0 N–H and O–H groups in total. The molecule has 1 aliphatic rings. The number of fused-ring (bicyclic) bond motifs is 3. The van der Waals surface area contributed by atoms with Crippen molar-refractivity contribution in [2.24, 2.45) is 0 Å². The van der Waals surface area contributed by atoms with Crippen molar-refractivity contribution in [3.8, 4) is 5.75 Å². The van der Waals surface area contributed by atoms with Crippen molar-refractivity contribution in [3.63, 3.8) is 0 Å². The van der Waals surface area contributed by atoms with E-state index in [0.717, 1.165) is 5.52 Å². The third kappa shape index (κ3) is 2.64. The van der Waals surface area contributed by atoms with Gasteiger partial charge in [-0.25, -0.2) is 9.37 Å². The molecule has 0 aliphatic carbocycles. The number of rotatable bonds is 3. The maximum atomic E-state index is 13.8. The van der Waals surface area contributed by atoms with E-state index in [1.54, 1.807) is 24.3 Å². The van der Waals surface area contributed by atoms with E-state index >= 15 is 0 Å². The molecule has 3 aromatic rings. The second-order valence-corrected chi connectivity index (χ2v) is 6.70. The van der Waals surface area contributed by atoms with Gasteiger partial charge in [-0.15, -0.1) is 0 Å². The van der Waals surface area contributed by atoms with Gasteiger partial charge in [0, 0.05) is 25.2 Å². The molecule has 8 heteroatoms. The minimum Gasteiger partial charge on any atom is -0.434 e. The summed E-state index contributed by atoms with van der Waals surface area (Å²) in [5.74, 6) is 0.390. The second kappa shape index (κ2) is 5.94. The molecule has 0 spiro atoms. The van der Waals surface area contributed by atoms with E-state index in [2.05, 4.69) is 25.7 Å². The van der Waals surface area contributed by atoms with Crippen molar-refractivity contribution in [2.45, 2.75) is 12.7 Å². The molecule has 1 unspecified atom stereocenters. The first-order chi connectivity index (χ1) is 12.0. The Hall–Kier alpha value is -2.22. The van der Waals surface area contributed by atoms with Crippen molar-refractivity contribution in [3.05, 3.63) is 52.3 Å². The van der Waals surface area contributed by atoms with Crippen LogP contribution in [-0.2, 0) is 0 Å². The molecule has 0 amide bonds. The first-order valence-electron chi connectivity index (χ1n) is 7.57. The van der Waals surface area contributed by atoms with Gasteiger partial charge in [0.25, 0.3) is 0 Å². The molecule has 130 valence electrons. The fraction of sp³-hybridized carbons (Fsp3) is 0.235. The van der Waals surface area contributed by atoms with Gasteiger partial charge in [0.2, 0.25) is 5.95 Å². The summed E-state index contributed by atoms with van der Waals surface area (Å²) in [6.07, 6.45) is 0. The van der Waals surface area contributed by atoms with Crippen LogP contribution in [0.3, 0.4) is 0 Å². The highest BCUT2D eigenvalue weighted by atomic mass is 79.9. The molecular formula is C17H13BrF3N3O. The number of hydrogen-bond donors (Lipinski definition) is 0. The number of ether oxygens (including phenoxy) is 1. The maximum absolute atomic E-state index is 13.8. The van der Waals surface area contributed by atoms with E-state index in [4.69, 9.17) is 0 Å². The van der Waals surface area contributed by atoms with Crippen molar-refractivity contribution in [1.82, 2.24) is 9.55 Å². The Labute approximate surface area is 150 Å². The fourth-order valence-electron chi connectivity index (χ4n) is 3.27. The Morgan fingerprint density at radius 1 is 1.28 bits per heavy atom. The zero-order valence-corrected chi connectivity index (χ0v) is 14.7. The van der Waals surface area contributed by atoms with Gasteiger partial charge in [-0.05, 0) is 28.1 Å². The first-order valence-corrected chi connectivity index (χ1v) is 8.37. The van der Waals surface area contributed by atoms with Crippen LogP contribution in [-0.4, -0.2) is 29.8 Å². The van der Waals surface area contributed by atoms with Gasteiger partial charge >= 0.3 is 6.61 Å². The van der Waals surface area contributed by atoms with Crippen LogP contribution < -0.4 is 9.64 Å². The van der Waals surface area contributed by atoms with Crippen LogP contribution in [0.1, 0.15) is 11.6 Å². The van der Waals surface area contributed by atoms with Gasteiger partial charge in [0.1, 0.15) is 11.6 Å². The van der Waals surface area contributed by atoms with Crippen LogP contribution in [0.2, 0.25) is 0 Å². The number of hydrogen-bond acceptors (Lipinski definition) is 3. The zero-order chi connectivity index (χ0) is 17.7. The Bertz CT molecular complexity index is 960. The van der Waals surface area contributed by atoms with E-state index in [9.17, 15) is 13.2 Å². The molecule has 0 saturated carbocycles. The van der Waals surface area contributed by atoms with Crippen molar-refractivity contribution < 1.29 is 17.9 Å². The van der Waals surface area contributed by atoms with Crippen LogP contribution in [0.15, 0.2) is 40.9 Å². The third-order valence-corrected chi connectivity index (χ3v) is 4.91. The lowest BCUT2D eigenvalue weighted by atomic mass is 10.1. The number of anilines is 1. The average Bonchev–Trinajstić information content (AvgIpc) is 3.06. The third-order valence-electron chi connectivity index (χ3n) is 4.31. The van der Waals surface area contributed by atoms with Crippen LogP contribution in [0, 0.1) is 5.82 Å². The Morgan fingerprint density at radius 3 is 2.80 bits per heavy atom. The number of nitrogens with zero attached hydrogens (tertiary/aromatic N) is 3. The van der Waals surface area contributed by atoms with Crippen molar-refractivity contribution >= 4 is 32.9 Å². The van der Waals surface area contributed by atoms with Crippen molar-refractivity contribution in [2.75, 3.05) is 18.5 Å². The molecule has 0 saturated heterocycles. The van der Waals surface area contributed by atoms with Crippen LogP contribution in [0.25, 0.3) is 11.0 Å². The fourth-order valence-corrected chi connectivity index (χ4v) is 3.60. The molecule has 1 atom stereocenters. The number of imidazole rings is 1. The number of likely N-dealkylation sites (N-methyl/N-ethyl adjacent to an activating group) is 1. The van der Waals surface area contributed by atoms with Gasteiger partial charge in [0.05, 0.1) is 21.5 Å². The molecule has 4 rings (SSSR count). The lowest BCUT2D eigenvalue weighted by Crippen LogP contribution is -2.18. The molecule has 0 bridgehead atoms. The Kier molecular flexibility index (Phi) is 3.87. The molecule has 1 aliphatic heterocycles. The smallest absolute Gasteiger partial charge is 0.387 e. The molecule has 25 heavy (non-hydrogen) atoms. The van der Waals surface area contributed by atoms with Gasteiger partial charge in [0.15, 0.2) is 0 Å². The van der Waals surface area contributed by atoms with E-state index in [-0.39, 0.29) is 11.8 Å². The largest absolute Gasteiger partial charge is 0.434 e. The first kappa shape index (κ1) is 16.3. The molecule has 1 aromatic heterocycles. The minimum absolute atomic E-state index is 0.131. The molecule has 0 fully saturated rings. The monoisotopic (exact) mass is 411 g/mol. The van der Waals surface area contributed by atoms with Gasteiger partial charge in [-0.3, -0.25) is 0 Å². The summed E-state index contributed by atoms with van der Waals surface area (Å²) in [7, 11) is 1.86. The van der Waals surface area contributed by atoms with E-state index in [1.165, 1.54) is 12.1 Å². The van der Waals surface area contributed by atoms with Gasteiger partial charge < -0.3 is 14.2 Å². The minimum atomic E-state index is -2.90. The predicted molar refractivity (Wildman–Crippen MR) is 91.9 cm³/mol. The summed E-state index contributed by atoms with van der Waals surface area (Å²) < 4.78 is 46.3. The number of benzene rings is 2. The quantitative estimate of drug-likeness (QED) is 0.631. The van der Waals surface area contributed by atoms with Crippen LogP contribution in [0.5, 0.6) is 5.75 Å². The summed E-state index contributed by atoms with van der Waals surface area (Å²) in [6.45, 7) is -2.35. The highest BCUT2D eigenvalue weighted by molar-refractivity contribution is 9.10. The predicted octanol–water partition coefficient (Wildman–Crippen LogP) is 4.58. The molecule has 0 radical (unpaired) electrons. The topological polar surface area (TPSA) is 30.3 Å². The summed E-state index contributed by atoms with van der Waals surface area (Å²) in [5, 5.41) is 0. The summed E-state index contributed by atoms with van der Waals surface area (Å²) in [4.78, 5) is 6.39. The summed E-state index contributed by atoms with van der Waals surface area (Å²) >= 11 is 3.19. The normalized spacial score (nSPS) is 16.7. The van der Waals surface area contributed by atoms with E-state index in [0.29, 0.717) is 28.0 Å². The molecule has 2 aromatic carbocycles. The molecular weight excluding hydrogens is 399 g/mol. The van der Waals surface area contributed by atoms with Gasteiger partial charge in [-0.2, -0.15) is 8.78 Å². The summed E-state index contributed by atoms with van der Waals surface area (Å²) in [5.41, 5.74) is 1.87. The van der Waals surface area contributed by atoms with E-state index in [1.807, 2.05) is 16.5 Å². The lowest BCUT2D eigenvalue weighted by molar-refractivity contribution is -0.0506. The highest BCUT2D eigenvalue weighted by Gasteiger charge is 2.33.